The van der Waals surface area contributed by atoms with Crippen molar-refractivity contribution in [1.82, 2.24) is 0 Å². The number of ether oxygens (including phenoxy) is 2. The minimum atomic E-state index is -0.884. The molecule has 0 radical (unpaired) electrons. The molecule has 0 aliphatic heterocycles. The first-order valence-corrected chi connectivity index (χ1v) is 7.66. The Morgan fingerprint density at radius 3 is 1.91 bits per heavy atom. The first-order valence-electron chi connectivity index (χ1n) is 6.15. The average molecular weight is 380 g/mol. The zero-order valence-electron chi connectivity index (χ0n) is 11.3. The van der Waals surface area contributed by atoms with E-state index in [1.807, 2.05) is 0 Å². The summed E-state index contributed by atoms with van der Waals surface area (Å²) >= 11 is 23.5. The number of halogens is 4. The van der Waals surface area contributed by atoms with Gasteiger partial charge in [-0.15, -0.1) is 0 Å². The highest BCUT2D eigenvalue weighted by Gasteiger charge is 2.19. The van der Waals surface area contributed by atoms with Crippen LogP contribution < -0.4 is 9.47 Å². The lowest BCUT2D eigenvalue weighted by molar-refractivity contribution is -0.141. The molecule has 0 spiro atoms. The second-order valence-electron chi connectivity index (χ2n) is 4.33. The van der Waals surface area contributed by atoms with Gasteiger partial charge in [0.15, 0.2) is 6.10 Å². The van der Waals surface area contributed by atoms with Crippen molar-refractivity contribution in [2.75, 3.05) is 0 Å². The average Bonchev–Trinajstić information content (AvgIpc) is 2.44. The van der Waals surface area contributed by atoms with E-state index in [-0.39, 0.29) is 10.8 Å². The minimum Gasteiger partial charge on any atom is -0.477 e. The molecule has 1 atom stereocenters. The number of hydrogen-bond donors (Lipinski definition) is 0. The number of hydrogen-bond acceptors (Lipinski definition) is 3. The Kier molecular flexibility index (Phi) is 5.81. The van der Waals surface area contributed by atoms with Crippen LogP contribution in [0.25, 0.3) is 0 Å². The Morgan fingerprint density at radius 1 is 0.909 bits per heavy atom. The molecule has 0 aliphatic carbocycles. The van der Waals surface area contributed by atoms with E-state index in [4.69, 9.17) is 55.9 Å². The van der Waals surface area contributed by atoms with Gasteiger partial charge in [0.25, 0.3) is 0 Å². The van der Waals surface area contributed by atoms with Gasteiger partial charge >= 0.3 is 5.97 Å². The minimum absolute atomic E-state index is 0.203. The molecule has 3 nitrogen and oxygen atoms in total. The zero-order chi connectivity index (χ0) is 16.3. The molecule has 0 heterocycles. The normalized spacial score (nSPS) is 11.9. The van der Waals surface area contributed by atoms with Gasteiger partial charge in [0, 0.05) is 10.0 Å². The van der Waals surface area contributed by atoms with E-state index in [1.165, 1.54) is 25.1 Å². The van der Waals surface area contributed by atoms with Crippen molar-refractivity contribution in [3.8, 4) is 11.5 Å². The maximum atomic E-state index is 12.0. The first-order chi connectivity index (χ1) is 10.4. The van der Waals surface area contributed by atoms with Gasteiger partial charge in [-0.25, -0.2) is 4.79 Å². The summed E-state index contributed by atoms with van der Waals surface area (Å²) in [4.78, 5) is 12.0. The number of benzene rings is 2. The molecule has 0 fully saturated rings. The lowest BCUT2D eigenvalue weighted by Crippen LogP contribution is -2.28. The van der Waals surface area contributed by atoms with Gasteiger partial charge in [-0.3, -0.25) is 0 Å². The molecule has 7 heteroatoms. The highest BCUT2D eigenvalue weighted by Crippen LogP contribution is 2.30. The number of esters is 1. The van der Waals surface area contributed by atoms with Crippen LogP contribution in [-0.4, -0.2) is 12.1 Å². The van der Waals surface area contributed by atoms with E-state index in [0.717, 1.165) is 0 Å². The summed E-state index contributed by atoms with van der Waals surface area (Å²) in [6.45, 7) is 1.54. The van der Waals surface area contributed by atoms with Crippen LogP contribution in [-0.2, 0) is 4.79 Å². The van der Waals surface area contributed by atoms with Gasteiger partial charge in [0.05, 0.1) is 10.0 Å². The monoisotopic (exact) mass is 378 g/mol. The number of carbonyl (C=O) groups excluding carboxylic acids is 1. The van der Waals surface area contributed by atoms with E-state index in [2.05, 4.69) is 0 Å². The first kappa shape index (κ1) is 17.2. The van der Waals surface area contributed by atoms with Gasteiger partial charge < -0.3 is 9.47 Å². The molecular weight excluding hydrogens is 370 g/mol. The molecule has 116 valence electrons. The Hall–Kier alpha value is -1.13. The van der Waals surface area contributed by atoms with E-state index < -0.39 is 12.1 Å². The highest BCUT2D eigenvalue weighted by molar-refractivity contribution is 6.36. The summed E-state index contributed by atoms with van der Waals surface area (Å²) < 4.78 is 10.6. The quantitative estimate of drug-likeness (QED) is 0.506. The Labute approximate surface area is 147 Å². The number of rotatable bonds is 4. The molecule has 2 aromatic rings. The number of carbonyl (C=O) groups is 1. The van der Waals surface area contributed by atoms with E-state index >= 15 is 0 Å². The fraction of sp³-hybridized carbons (Fsp3) is 0.133. The van der Waals surface area contributed by atoms with Gasteiger partial charge in [-0.1, -0.05) is 46.4 Å². The van der Waals surface area contributed by atoms with Crippen LogP contribution in [0.3, 0.4) is 0 Å². The molecule has 2 rings (SSSR count). The molecule has 0 unspecified atom stereocenters. The predicted octanol–water partition coefficient (Wildman–Crippen LogP) is 5.67. The lowest BCUT2D eigenvalue weighted by Gasteiger charge is -2.15. The third kappa shape index (κ3) is 4.43. The van der Waals surface area contributed by atoms with Crippen molar-refractivity contribution in [1.29, 1.82) is 0 Å². The summed E-state index contributed by atoms with van der Waals surface area (Å²) in [7, 11) is 0. The van der Waals surface area contributed by atoms with Crippen LogP contribution in [0.2, 0.25) is 20.1 Å². The van der Waals surface area contributed by atoms with Crippen molar-refractivity contribution in [3.05, 3.63) is 56.5 Å². The van der Waals surface area contributed by atoms with Crippen molar-refractivity contribution < 1.29 is 14.3 Å². The Balaban J connectivity index is 2.05. The SMILES string of the molecule is C[C@@H](Oc1ccc(Cl)cc1Cl)C(=O)Oc1ccc(Cl)cc1Cl. The van der Waals surface area contributed by atoms with Gasteiger partial charge in [-0.05, 0) is 43.3 Å². The van der Waals surface area contributed by atoms with Gasteiger partial charge in [0.2, 0.25) is 0 Å². The fourth-order valence-corrected chi connectivity index (χ4v) is 2.46. The van der Waals surface area contributed by atoms with Crippen LogP contribution in [0.15, 0.2) is 36.4 Å². The molecule has 0 saturated carbocycles. The molecule has 22 heavy (non-hydrogen) atoms. The molecule has 0 aromatic heterocycles. The van der Waals surface area contributed by atoms with Crippen LogP contribution in [0.4, 0.5) is 0 Å². The van der Waals surface area contributed by atoms with Crippen LogP contribution in [0, 0.1) is 0 Å². The summed E-state index contributed by atoms with van der Waals surface area (Å²) in [6.07, 6.45) is -0.884. The largest absolute Gasteiger partial charge is 0.477 e. The fourth-order valence-electron chi connectivity index (χ4n) is 1.56. The topological polar surface area (TPSA) is 35.5 Å². The smallest absolute Gasteiger partial charge is 0.352 e. The van der Waals surface area contributed by atoms with Gasteiger partial charge in [0.1, 0.15) is 11.5 Å². The third-order valence-electron chi connectivity index (χ3n) is 2.63. The second kappa shape index (κ2) is 7.42. The highest BCUT2D eigenvalue weighted by atomic mass is 35.5. The van der Waals surface area contributed by atoms with Crippen molar-refractivity contribution in [3.63, 3.8) is 0 Å². The summed E-state index contributed by atoms with van der Waals surface area (Å²) in [6, 6.07) is 9.25. The van der Waals surface area contributed by atoms with Gasteiger partial charge in [-0.2, -0.15) is 0 Å². The lowest BCUT2D eigenvalue weighted by atomic mass is 10.3. The Morgan fingerprint density at radius 2 is 1.41 bits per heavy atom. The van der Waals surface area contributed by atoms with Crippen LogP contribution in [0.1, 0.15) is 6.92 Å². The van der Waals surface area contributed by atoms with Crippen LogP contribution in [0.5, 0.6) is 11.5 Å². The summed E-state index contributed by atoms with van der Waals surface area (Å²) in [5.41, 5.74) is 0. The summed E-state index contributed by atoms with van der Waals surface area (Å²) in [5, 5.41) is 1.46. The third-order valence-corrected chi connectivity index (χ3v) is 3.70. The van der Waals surface area contributed by atoms with Crippen LogP contribution >= 0.6 is 46.4 Å². The molecule has 0 N–H and O–H groups in total. The van der Waals surface area contributed by atoms with E-state index in [0.29, 0.717) is 20.8 Å². The maximum Gasteiger partial charge on any atom is 0.352 e. The van der Waals surface area contributed by atoms with Crippen molar-refractivity contribution in [2.24, 2.45) is 0 Å². The maximum absolute atomic E-state index is 12.0. The van der Waals surface area contributed by atoms with E-state index in [1.54, 1.807) is 18.2 Å². The van der Waals surface area contributed by atoms with Crippen molar-refractivity contribution >= 4 is 52.4 Å². The summed E-state index contributed by atoms with van der Waals surface area (Å²) in [5.74, 6) is -0.0818. The predicted molar refractivity (Wildman–Crippen MR) is 88.6 cm³/mol. The second-order valence-corrected chi connectivity index (χ2v) is 6.02. The zero-order valence-corrected chi connectivity index (χ0v) is 14.3. The molecule has 0 saturated heterocycles. The molecule has 2 aromatic carbocycles. The molecule has 0 amide bonds. The molecule has 0 aliphatic rings. The molecular formula is C15H10Cl4O3. The van der Waals surface area contributed by atoms with Crippen molar-refractivity contribution in [2.45, 2.75) is 13.0 Å². The standard InChI is InChI=1S/C15H10Cl4O3/c1-8(21-13-4-2-9(16)6-11(13)18)15(20)22-14-5-3-10(17)7-12(14)19/h2-8H,1H3/t8-/m1/s1. The van der Waals surface area contributed by atoms with E-state index in [9.17, 15) is 4.79 Å². The Bertz CT molecular complexity index is 703. The molecule has 0 bridgehead atoms.